The number of ether oxygens (including phenoxy) is 3. The number of nitrogens with zero attached hydrogens (tertiary/aromatic N) is 1. The molecule has 36 heavy (non-hydrogen) atoms. The third kappa shape index (κ3) is 4.40. The Kier molecular flexibility index (Phi) is 7.05. The summed E-state index contributed by atoms with van der Waals surface area (Å²) in [5, 5.41) is 11.4. The summed E-state index contributed by atoms with van der Waals surface area (Å²) >= 11 is 0. The second kappa shape index (κ2) is 10.4. The number of esters is 1. The highest BCUT2D eigenvalue weighted by molar-refractivity contribution is 6.51. The Bertz CT molecular complexity index is 1360. The van der Waals surface area contributed by atoms with E-state index < -0.39 is 23.7 Å². The average molecular weight is 488 g/mol. The van der Waals surface area contributed by atoms with E-state index in [1.165, 1.54) is 25.2 Å². The van der Waals surface area contributed by atoms with Gasteiger partial charge in [0.2, 0.25) is 0 Å². The lowest BCUT2D eigenvalue weighted by atomic mass is 9.94. The Labute approximate surface area is 208 Å². The van der Waals surface area contributed by atoms with E-state index in [9.17, 15) is 19.5 Å². The molecule has 1 amide bonds. The average Bonchev–Trinajstić information content (AvgIpc) is 3.18. The molecule has 8 nitrogen and oxygen atoms in total. The first-order valence-electron chi connectivity index (χ1n) is 11.3. The molecule has 1 N–H and O–H groups in total. The van der Waals surface area contributed by atoms with Gasteiger partial charge < -0.3 is 19.3 Å². The van der Waals surface area contributed by atoms with Gasteiger partial charge in [-0.1, -0.05) is 30.3 Å². The molecule has 1 aliphatic heterocycles. The summed E-state index contributed by atoms with van der Waals surface area (Å²) in [6.07, 6.45) is 0. The standard InChI is InChI=1S/C28H25NO7/c1-4-36-28(33)18-10-7-11-19(15-18)29-24(17-9-8-12-20(16-17)34-2)23(26(31)27(29)32)25(30)21-13-5-6-14-22(21)35-3/h5-16,24,30H,4H2,1-3H3/b25-23+. The van der Waals surface area contributed by atoms with E-state index in [4.69, 9.17) is 14.2 Å². The van der Waals surface area contributed by atoms with Gasteiger partial charge in [-0.05, 0) is 55.0 Å². The van der Waals surface area contributed by atoms with Crippen molar-refractivity contribution in [2.45, 2.75) is 13.0 Å². The number of benzene rings is 3. The van der Waals surface area contributed by atoms with Crippen LogP contribution in [0.2, 0.25) is 0 Å². The number of methoxy groups -OCH3 is 2. The number of carbonyl (C=O) groups is 3. The van der Waals surface area contributed by atoms with Gasteiger partial charge in [0.15, 0.2) is 0 Å². The molecule has 3 aromatic rings. The molecule has 1 atom stereocenters. The molecule has 0 aliphatic carbocycles. The van der Waals surface area contributed by atoms with Crippen molar-refractivity contribution in [3.8, 4) is 11.5 Å². The van der Waals surface area contributed by atoms with Crippen molar-refractivity contribution in [2.24, 2.45) is 0 Å². The number of para-hydroxylation sites is 1. The summed E-state index contributed by atoms with van der Waals surface area (Å²) in [4.78, 5) is 40.4. The Morgan fingerprint density at radius 1 is 0.944 bits per heavy atom. The first-order valence-corrected chi connectivity index (χ1v) is 11.3. The Balaban J connectivity index is 1.95. The molecule has 8 heteroatoms. The quantitative estimate of drug-likeness (QED) is 0.226. The van der Waals surface area contributed by atoms with Crippen LogP contribution in [0.4, 0.5) is 5.69 Å². The van der Waals surface area contributed by atoms with Crippen LogP contribution in [0.15, 0.2) is 78.4 Å². The van der Waals surface area contributed by atoms with Gasteiger partial charge in [0, 0.05) is 5.69 Å². The van der Waals surface area contributed by atoms with Crippen molar-refractivity contribution >= 4 is 29.1 Å². The van der Waals surface area contributed by atoms with Crippen LogP contribution in [0, 0.1) is 0 Å². The van der Waals surface area contributed by atoms with Crippen LogP contribution >= 0.6 is 0 Å². The predicted octanol–water partition coefficient (Wildman–Crippen LogP) is 4.51. The fraction of sp³-hybridized carbons (Fsp3) is 0.179. The summed E-state index contributed by atoms with van der Waals surface area (Å²) < 4.78 is 15.8. The molecule has 0 aromatic heterocycles. The Hall–Kier alpha value is -4.59. The highest BCUT2D eigenvalue weighted by Gasteiger charge is 2.47. The van der Waals surface area contributed by atoms with Crippen LogP contribution in [0.3, 0.4) is 0 Å². The summed E-state index contributed by atoms with van der Waals surface area (Å²) in [5.41, 5.74) is 1.22. The van der Waals surface area contributed by atoms with E-state index in [1.54, 1.807) is 73.7 Å². The van der Waals surface area contributed by atoms with Gasteiger partial charge in [0.25, 0.3) is 11.7 Å². The van der Waals surface area contributed by atoms with Crippen LogP contribution in [0.25, 0.3) is 5.76 Å². The maximum Gasteiger partial charge on any atom is 0.338 e. The molecule has 0 bridgehead atoms. The van der Waals surface area contributed by atoms with E-state index in [-0.39, 0.29) is 29.1 Å². The summed E-state index contributed by atoms with van der Waals surface area (Å²) in [7, 11) is 2.96. The molecule has 0 radical (unpaired) electrons. The van der Waals surface area contributed by atoms with Gasteiger partial charge >= 0.3 is 5.97 Å². The molecule has 1 unspecified atom stereocenters. The van der Waals surface area contributed by atoms with E-state index in [2.05, 4.69) is 0 Å². The number of rotatable bonds is 7. The lowest BCUT2D eigenvalue weighted by Crippen LogP contribution is -2.29. The smallest absolute Gasteiger partial charge is 0.338 e. The molecule has 1 saturated heterocycles. The van der Waals surface area contributed by atoms with Gasteiger partial charge in [-0.3, -0.25) is 14.5 Å². The number of ketones is 1. The topological polar surface area (TPSA) is 102 Å². The normalized spacial score (nSPS) is 16.6. The zero-order valence-corrected chi connectivity index (χ0v) is 20.1. The van der Waals surface area contributed by atoms with Crippen LogP contribution in [0.1, 0.15) is 34.5 Å². The molecule has 0 spiro atoms. The minimum atomic E-state index is -0.998. The molecule has 1 aliphatic rings. The molecule has 1 heterocycles. The highest BCUT2D eigenvalue weighted by atomic mass is 16.5. The molecule has 3 aromatic carbocycles. The minimum absolute atomic E-state index is 0.112. The van der Waals surface area contributed by atoms with Gasteiger partial charge in [0.05, 0.1) is 43.6 Å². The van der Waals surface area contributed by atoms with Crippen LogP contribution in [-0.2, 0) is 14.3 Å². The monoisotopic (exact) mass is 487 g/mol. The van der Waals surface area contributed by atoms with E-state index in [1.807, 2.05) is 0 Å². The highest BCUT2D eigenvalue weighted by Crippen LogP contribution is 2.44. The van der Waals surface area contributed by atoms with Gasteiger partial charge in [-0.2, -0.15) is 0 Å². The fourth-order valence-corrected chi connectivity index (χ4v) is 4.21. The lowest BCUT2D eigenvalue weighted by molar-refractivity contribution is -0.132. The number of amides is 1. The van der Waals surface area contributed by atoms with Crippen molar-refractivity contribution in [3.05, 3.63) is 95.1 Å². The van der Waals surface area contributed by atoms with E-state index in [0.29, 0.717) is 22.7 Å². The Morgan fingerprint density at radius 2 is 1.69 bits per heavy atom. The van der Waals surface area contributed by atoms with E-state index in [0.717, 1.165) is 0 Å². The van der Waals surface area contributed by atoms with Crippen LogP contribution in [-0.4, -0.2) is 43.6 Å². The van der Waals surface area contributed by atoms with Crippen LogP contribution in [0.5, 0.6) is 11.5 Å². The second-order valence-electron chi connectivity index (χ2n) is 7.92. The van der Waals surface area contributed by atoms with Gasteiger partial charge in [-0.25, -0.2) is 4.79 Å². The molecule has 0 saturated carbocycles. The van der Waals surface area contributed by atoms with Gasteiger partial charge in [0.1, 0.15) is 17.3 Å². The molecule has 4 rings (SSSR count). The summed E-state index contributed by atoms with van der Waals surface area (Å²) in [6.45, 7) is 1.89. The number of anilines is 1. The minimum Gasteiger partial charge on any atom is -0.507 e. The summed E-state index contributed by atoms with van der Waals surface area (Å²) in [5.74, 6) is -1.79. The summed E-state index contributed by atoms with van der Waals surface area (Å²) in [6, 6.07) is 18.8. The van der Waals surface area contributed by atoms with Crippen molar-refractivity contribution < 1.29 is 33.7 Å². The third-order valence-electron chi connectivity index (χ3n) is 5.85. The number of hydrogen-bond donors (Lipinski definition) is 1. The van der Waals surface area contributed by atoms with Crippen molar-refractivity contribution in [1.82, 2.24) is 0 Å². The van der Waals surface area contributed by atoms with Gasteiger partial charge in [-0.15, -0.1) is 0 Å². The third-order valence-corrected chi connectivity index (χ3v) is 5.85. The first-order chi connectivity index (χ1) is 17.4. The molecular formula is C28H25NO7. The largest absolute Gasteiger partial charge is 0.507 e. The maximum atomic E-state index is 13.4. The lowest BCUT2D eigenvalue weighted by Gasteiger charge is -2.26. The van der Waals surface area contributed by atoms with Crippen molar-refractivity contribution in [2.75, 3.05) is 25.7 Å². The number of Topliss-reactive ketones (excluding diaryl/α,β-unsaturated/α-hetero) is 1. The SMILES string of the molecule is CCOC(=O)c1cccc(N2C(=O)C(=O)/C(=C(/O)c3ccccc3OC)C2c2cccc(OC)c2)c1. The molecule has 1 fully saturated rings. The van der Waals surface area contributed by atoms with Crippen molar-refractivity contribution in [1.29, 1.82) is 0 Å². The zero-order chi connectivity index (χ0) is 25.8. The fourth-order valence-electron chi connectivity index (χ4n) is 4.21. The second-order valence-corrected chi connectivity index (χ2v) is 7.92. The number of carbonyl (C=O) groups excluding carboxylic acids is 3. The van der Waals surface area contributed by atoms with E-state index >= 15 is 0 Å². The number of aliphatic hydroxyl groups excluding tert-OH is 1. The number of aliphatic hydroxyl groups is 1. The Morgan fingerprint density at radius 3 is 2.42 bits per heavy atom. The molecule has 184 valence electrons. The maximum absolute atomic E-state index is 13.4. The predicted molar refractivity (Wildman–Crippen MR) is 133 cm³/mol. The first kappa shape index (κ1) is 24.5. The number of hydrogen-bond acceptors (Lipinski definition) is 7. The van der Waals surface area contributed by atoms with Crippen molar-refractivity contribution in [3.63, 3.8) is 0 Å². The van der Waals surface area contributed by atoms with Crippen LogP contribution < -0.4 is 14.4 Å². The zero-order valence-electron chi connectivity index (χ0n) is 20.1. The molecular weight excluding hydrogens is 462 g/mol.